The molecular weight excluding hydrogens is 249 g/mol. The summed E-state index contributed by atoms with van der Waals surface area (Å²) >= 11 is 6.08. The maximum absolute atomic E-state index is 13.8. The molecule has 1 aromatic rings. The van der Waals surface area contributed by atoms with Crippen LogP contribution in [0.15, 0.2) is 18.2 Å². The molecule has 0 saturated carbocycles. The van der Waals surface area contributed by atoms with Crippen LogP contribution in [0.5, 0.6) is 0 Å². The summed E-state index contributed by atoms with van der Waals surface area (Å²) in [5.74, 6) is -0.199. The van der Waals surface area contributed by atoms with E-state index in [1.807, 2.05) is 0 Å². The molecule has 18 heavy (non-hydrogen) atoms. The van der Waals surface area contributed by atoms with E-state index < -0.39 is 0 Å². The summed E-state index contributed by atoms with van der Waals surface area (Å²) in [4.78, 5) is 0. The average molecular weight is 272 g/mol. The summed E-state index contributed by atoms with van der Waals surface area (Å²) in [5, 5.41) is 4.02. The van der Waals surface area contributed by atoms with Crippen LogP contribution < -0.4 is 5.32 Å². The average Bonchev–Trinajstić information content (AvgIpc) is 2.30. The minimum atomic E-state index is -0.199. The van der Waals surface area contributed by atoms with Crippen molar-refractivity contribution in [3.63, 3.8) is 0 Å². The third kappa shape index (κ3) is 4.95. The van der Waals surface area contributed by atoms with Crippen molar-refractivity contribution in [1.29, 1.82) is 0 Å². The molecular formula is C15H23ClFN. The summed E-state index contributed by atoms with van der Waals surface area (Å²) in [6.07, 6.45) is 4.01. The molecule has 0 saturated heterocycles. The minimum absolute atomic E-state index is 0.199. The molecule has 1 aromatic carbocycles. The molecule has 0 aliphatic rings. The first kappa shape index (κ1) is 15.5. The van der Waals surface area contributed by atoms with Crippen LogP contribution in [0.25, 0.3) is 0 Å². The van der Waals surface area contributed by atoms with E-state index in [4.69, 9.17) is 11.6 Å². The molecule has 0 aliphatic heterocycles. The highest BCUT2D eigenvalue weighted by Crippen LogP contribution is 2.22. The third-order valence-electron chi connectivity index (χ3n) is 2.99. The molecule has 1 N–H and O–H groups in total. The van der Waals surface area contributed by atoms with Crippen molar-refractivity contribution in [1.82, 2.24) is 5.32 Å². The molecule has 0 heterocycles. The Morgan fingerprint density at radius 1 is 1.33 bits per heavy atom. The second-order valence-electron chi connectivity index (χ2n) is 5.06. The maximum atomic E-state index is 13.8. The summed E-state index contributed by atoms with van der Waals surface area (Å²) in [5.41, 5.74) is 0.633. The maximum Gasteiger partial charge on any atom is 0.127 e. The first-order chi connectivity index (χ1) is 8.54. The molecule has 0 spiro atoms. The van der Waals surface area contributed by atoms with Crippen LogP contribution in [0.2, 0.25) is 5.02 Å². The van der Waals surface area contributed by atoms with E-state index >= 15 is 0 Å². The standard InChI is InChI=1S/C15H23ClFN/c1-4-5-7-12(18-11(2)3)10-13-14(16)8-6-9-15(13)17/h6,8-9,11-12,18H,4-5,7,10H2,1-3H3. The van der Waals surface area contributed by atoms with Crippen molar-refractivity contribution < 1.29 is 4.39 Å². The molecule has 1 atom stereocenters. The fourth-order valence-corrected chi connectivity index (χ4v) is 2.38. The van der Waals surface area contributed by atoms with E-state index in [2.05, 4.69) is 26.1 Å². The fourth-order valence-electron chi connectivity index (χ4n) is 2.14. The predicted octanol–water partition coefficient (Wildman–Crippen LogP) is 4.58. The van der Waals surface area contributed by atoms with Gasteiger partial charge in [-0.1, -0.05) is 51.3 Å². The number of nitrogens with one attached hydrogen (secondary N) is 1. The van der Waals surface area contributed by atoms with Gasteiger partial charge >= 0.3 is 0 Å². The van der Waals surface area contributed by atoms with Crippen LogP contribution in [0, 0.1) is 5.82 Å². The van der Waals surface area contributed by atoms with Gasteiger partial charge in [0.05, 0.1) is 0 Å². The van der Waals surface area contributed by atoms with Crippen LogP contribution >= 0.6 is 11.6 Å². The zero-order valence-corrected chi connectivity index (χ0v) is 12.2. The van der Waals surface area contributed by atoms with E-state index in [1.54, 1.807) is 12.1 Å². The lowest BCUT2D eigenvalue weighted by molar-refractivity contribution is 0.419. The number of halogens is 2. The van der Waals surface area contributed by atoms with Crippen LogP contribution in [0.4, 0.5) is 4.39 Å². The van der Waals surface area contributed by atoms with E-state index in [9.17, 15) is 4.39 Å². The van der Waals surface area contributed by atoms with Gasteiger partial charge in [-0.25, -0.2) is 4.39 Å². The third-order valence-corrected chi connectivity index (χ3v) is 3.34. The summed E-state index contributed by atoms with van der Waals surface area (Å²) in [6.45, 7) is 6.40. The molecule has 3 heteroatoms. The smallest absolute Gasteiger partial charge is 0.127 e. The van der Waals surface area contributed by atoms with Crippen molar-refractivity contribution in [2.24, 2.45) is 0 Å². The van der Waals surface area contributed by atoms with E-state index in [0.29, 0.717) is 29.1 Å². The Morgan fingerprint density at radius 3 is 2.61 bits per heavy atom. The van der Waals surface area contributed by atoms with Gasteiger partial charge in [0, 0.05) is 22.7 Å². The highest BCUT2D eigenvalue weighted by Gasteiger charge is 2.15. The van der Waals surface area contributed by atoms with Gasteiger partial charge < -0.3 is 5.32 Å². The van der Waals surface area contributed by atoms with Crippen LogP contribution in [0.3, 0.4) is 0 Å². The van der Waals surface area contributed by atoms with Gasteiger partial charge in [-0.05, 0) is 25.0 Å². The molecule has 102 valence electrons. The fraction of sp³-hybridized carbons (Fsp3) is 0.600. The van der Waals surface area contributed by atoms with Gasteiger partial charge in [0.2, 0.25) is 0 Å². The van der Waals surface area contributed by atoms with Gasteiger partial charge in [-0.3, -0.25) is 0 Å². The summed E-state index contributed by atoms with van der Waals surface area (Å²) in [6, 6.07) is 5.58. The highest BCUT2D eigenvalue weighted by molar-refractivity contribution is 6.31. The van der Waals surface area contributed by atoms with Crippen molar-refractivity contribution in [3.05, 3.63) is 34.6 Å². The molecule has 1 unspecified atom stereocenters. The molecule has 1 rings (SSSR count). The Bertz CT molecular complexity index is 345. The van der Waals surface area contributed by atoms with Crippen molar-refractivity contribution in [2.45, 2.75) is 58.5 Å². The molecule has 1 nitrogen and oxygen atoms in total. The first-order valence-electron chi connectivity index (χ1n) is 6.73. The van der Waals surface area contributed by atoms with Gasteiger partial charge in [0.15, 0.2) is 0 Å². The quantitative estimate of drug-likeness (QED) is 0.765. The molecule has 0 radical (unpaired) electrons. The lowest BCUT2D eigenvalue weighted by atomic mass is 10.00. The monoisotopic (exact) mass is 271 g/mol. The Morgan fingerprint density at radius 2 is 2.06 bits per heavy atom. The highest BCUT2D eigenvalue weighted by atomic mass is 35.5. The molecule has 0 amide bonds. The summed E-state index contributed by atoms with van der Waals surface area (Å²) in [7, 11) is 0. The number of rotatable bonds is 7. The van der Waals surface area contributed by atoms with E-state index in [0.717, 1.165) is 19.3 Å². The van der Waals surface area contributed by atoms with Crippen molar-refractivity contribution in [2.75, 3.05) is 0 Å². The number of unbranched alkanes of at least 4 members (excludes halogenated alkanes) is 1. The number of benzene rings is 1. The number of hydrogen-bond acceptors (Lipinski definition) is 1. The predicted molar refractivity (Wildman–Crippen MR) is 76.7 cm³/mol. The SMILES string of the molecule is CCCCC(Cc1c(F)cccc1Cl)NC(C)C. The molecule has 0 aliphatic carbocycles. The van der Waals surface area contributed by atoms with Crippen LogP contribution in [0.1, 0.15) is 45.6 Å². The van der Waals surface area contributed by atoms with Gasteiger partial charge in [-0.15, -0.1) is 0 Å². The lowest BCUT2D eigenvalue weighted by Crippen LogP contribution is -2.36. The first-order valence-corrected chi connectivity index (χ1v) is 7.11. The lowest BCUT2D eigenvalue weighted by Gasteiger charge is -2.22. The van der Waals surface area contributed by atoms with E-state index in [1.165, 1.54) is 6.07 Å². The Labute approximate surface area is 115 Å². The minimum Gasteiger partial charge on any atom is -0.311 e. The largest absolute Gasteiger partial charge is 0.311 e. The molecule has 0 fully saturated rings. The van der Waals surface area contributed by atoms with Crippen LogP contribution in [-0.2, 0) is 6.42 Å². The van der Waals surface area contributed by atoms with Gasteiger partial charge in [0.25, 0.3) is 0 Å². The Hall–Kier alpha value is -0.600. The summed E-state index contributed by atoms with van der Waals surface area (Å²) < 4.78 is 13.8. The molecule has 0 bridgehead atoms. The number of hydrogen-bond donors (Lipinski definition) is 1. The topological polar surface area (TPSA) is 12.0 Å². The van der Waals surface area contributed by atoms with E-state index in [-0.39, 0.29) is 5.82 Å². The van der Waals surface area contributed by atoms with Crippen LogP contribution in [-0.4, -0.2) is 12.1 Å². The van der Waals surface area contributed by atoms with Gasteiger partial charge in [-0.2, -0.15) is 0 Å². The zero-order chi connectivity index (χ0) is 13.5. The second kappa shape index (κ2) is 7.75. The second-order valence-corrected chi connectivity index (χ2v) is 5.47. The normalized spacial score (nSPS) is 13.0. The van der Waals surface area contributed by atoms with Gasteiger partial charge in [0.1, 0.15) is 5.82 Å². The zero-order valence-electron chi connectivity index (χ0n) is 11.5. The molecule has 0 aromatic heterocycles. The van der Waals surface area contributed by atoms with Crippen molar-refractivity contribution in [3.8, 4) is 0 Å². The van der Waals surface area contributed by atoms with Crippen molar-refractivity contribution >= 4 is 11.6 Å². The Kier molecular flexibility index (Phi) is 6.66. The Balaban J connectivity index is 2.75.